The predicted octanol–water partition coefficient (Wildman–Crippen LogP) is 4.66. The van der Waals surface area contributed by atoms with Crippen LogP contribution in [0.5, 0.6) is 11.5 Å². The molecule has 1 aromatic heterocycles. The van der Waals surface area contributed by atoms with E-state index >= 15 is 0 Å². The number of benzene rings is 2. The topological polar surface area (TPSA) is 101 Å². The molecular weight excluding hydrogens is 358 g/mol. The molecule has 7 heteroatoms. The van der Waals surface area contributed by atoms with Crippen molar-refractivity contribution in [1.82, 2.24) is 4.98 Å². The lowest BCUT2D eigenvalue weighted by Crippen LogP contribution is -2.14. The number of pyridine rings is 1. The molecule has 0 amide bonds. The Hall–Kier alpha value is -3.35. The second-order valence-electron chi connectivity index (χ2n) is 6.69. The molecule has 0 bridgehead atoms. The van der Waals surface area contributed by atoms with Gasteiger partial charge >= 0.3 is 0 Å². The molecule has 0 aliphatic carbocycles. The summed E-state index contributed by atoms with van der Waals surface area (Å²) in [6.07, 6.45) is 1.49. The van der Waals surface area contributed by atoms with Crippen molar-refractivity contribution in [1.29, 1.82) is 0 Å². The van der Waals surface area contributed by atoms with Gasteiger partial charge in [-0.15, -0.1) is 0 Å². The van der Waals surface area contributed by atoms with Gasteiger partial charge in [0, 0.05) is 11.5 Å². The minimum Gasteiger partial charge on any atom is -0.493 e. The van der Waals surface area contributed by atoms with Crippen molar-refractivity contribution < 1.29 is 14.4 Å². The zero-order valence-electron chi connectivity index (χ0n) is 15.9. The quantitative estimate of drug-likeness (QED) is 0.346. The molecule has 0 aliphatic rings. The predicted molar refractivity (Wildman–Crippen MR) is 109 cm³/mol. The molecule has 7 nitrogen and oxygen atoms in total. The number of anilines is 1. The number of ether oxygens (including phenoxy) is 2. The fourth-order valence-corrected chi connectivity index (χ4v) is 2.92. The largest absolute Gasteiger partial charge is 0.493 e. The number of aryl methyl sites for hydroxylation is 1. The van der Waals surface area contributed by atoms with Crippen LogP contribution in [0.1, 0.15) is 25.3 Å². The minimum atomic E-state index is -0.423. The Kier molecular flexibility index (Phi) is 5.93. The smallest absolute Gasteiger partial charge is 0.273 e. The van der Waals surface area contributed by atoms with Crippen LogP contribution in [0, 0.1) is 17.0 Å². The van der Waals surface area contributed by atoms with Crippen molar-refractivity contribution >= 4 is 22.4 Å². The second kappa shape index (κ2) is 8.56. The molecule has 2 aromatic carbocycles. The SMILES string of the molecule is Cc1ccc([N+](=O)[O-])cc1OCCCC(C)Oc1cccc2ccc(N)nc12. The normalized spacial score (nSPS) is 11.9. The van der Waals surface area contributed by atoms with Crippen LogP contribution in [0.2, 0.25) is 0 Å². The Labute approximate surface area is 163 Å². The first-order valence-electron chi connectivity index (χ1n) is 9.14. The van der Waals surface area contributed by atoms with Crippen molar-refractivity contribution in [3.05, 3.63) is 64.2 Å². The molecule has 3 aromatic rings. The number of nitro benzene ring substituents is 1. The number of nitro groups is 1. The third kappa shape index (κ3) is 4.68. The van der Waals surface area contributed by atoms with E-state index in [1.807, 2.05) is 38.1 Å². The second-order valence-corrected chi connectivity index (χ2v) is 6.69. The Balaban J connectivity index is 1.54. The van der Waals surface area contributed by atoms with E-state index in [1.165, 1.54) is 12.1 Å². The van der Waals surface area contributed by atoms with Gasteiger partial charge in [-0.05, 0) is 56.5 Å². The molecule has 3 rings (SSSR count). The summed E-state index contributed by atoms with van der Waals surface area (Å²) >= 11 is 0. The first-order chi connectivity index (χ1) is 13.4. The lowest BCUT2D eigenvalue weighted by atomic mass is 10.2. The molecule has 0 fully saturated rings. The first kappa shape index (κ1) is 19.4. The van der Waals surface area contributed by atoms with Gasteiger partial charge in [0.2, 0.25) is 0 Å². The zero-order chi connectivity index (χ0) is 20.1. The average molecular weight is 381 g/mol. The minimum absolute atomic E-state index is 0.0278. The number of nitrogen functional groups attached to an aromatic ring is 1. The molecule has 2 N–H and O–H groups in total. The molecule has 0 saturated heterocycles. The number of nitrogens with two attached hydrogens (primary N) is 1. The molecular formula is C21H23N3O4. The van der Waals surface area contributed by atoms with Crippen LogP contribution in [0.15, 0.2) is 48.5 Å². The van der Waals surface area contributed by atoms with Gasteiger partial charge < -0.3 is 15.2 Å². The molecule has 28 heavy (non-hydrogen) atoms. The molecule has 0 radical (unpaired) electrons. The van der Waals surface area contributed by atoms with Gasteiger partial charge in [-0.1, -0.05) is 12.1 Å². The summed E-state index contributed by atoms with van der Waals surface area (Å²) in [5.41, 5.74) is 7.44. The first-order valence-corrected chi connectivity index (χ1v) is 9.14. The number of aromatic nitrogens is 1. The number of hydrogen-bond acceptors (Lipinski definition) is 6. The van der Waals surface area contributed by atoms with Crippen LogP contribution in [0.3, 0.4) is 0 Å². The Morgan fingerprint density at radius 1 is 1.18 bits per heavy atom. The van der Waals surface area contributed by atoms with E-state index in [9.17, 15) is 10.1 Å². The summed E-state index contributed by atoms with van der Waals surface area (Å²) in [5, 5.41) is 11.9. The summed E-state index contributed by atoms with van der Waals surface area (Å²) in [6, 6.07) is 14.1. The third-order valence-electron chi connectivity index (χ3n) is 4.43. The summed E-state index contributed by atoms with van der Waals surface area (Å²) in [6.45, 7) is 4.31. The number of nitrogens with zero attached hydrogens (tertiary/aromatic N) is 2. The monoisotopic (exact) mass is 381 g/mol. The van der Waals surface area contributed by atoms with Crippen molar-refractivity contribution in [2.45, 2.75) is 32.8 Å². The van der Waals surface area contributed by atoms with E-state index in [2.05, 4.69) is 4.98 Å². The number of fused-ring (bicyclic) bond motifs is 1. The number of para-hydroxylation sites is 1. The molecule has 0 spiro atoms. The van der Waals surface area contributed by atoms with Crippen molar-refractivity contribution in [3.63, 3.8) is 0 Å². The fourth-order valence-electron chi connectivity index (χ4n) is 2.92. The highest BCUT2D eigenvalue weighted by Gasteiger charge is 2.11. The average Bonchev–Trinajstić information content (AvgIpc) is 2.66. The van der Waals surface area contributed by atoms with Crippen molar-refractivity contribution in [3.8, 4) is 11.5 Å². The molecule has 146 valence electrons. The van der Waals surface area contributed by atoms with Gasteiger partial charge in [0.1, 0.15) is 22.8 Å². The van der Waals surface area contributed by atoms with Crippen LogP contribution in [-0.2, 0) is 0 Å². The Morgan fingerprint density at radius 2 is 2.00 bits per heavy atom. The number of non-ortho nitro benzene ring substituents is 1. The molecule has 1 unspecified atom stereocenters. The zero-order valence-corrected chi connectivity index (χ0v) is 15.9. The summed E-state index contributed by atoms with van der Waals surface area (Å²) in [7, 11) is 0. The maximum absolute atomic E-state index is 10.9. The van der Waals surface area contributed by atoms with Gasteiger partial charge in [0.15, 0.2) is 0 Å². The highest BCUT2D eigenvalue weighted by atomic mass is 16.6. The molecule has 0 aliphatic heterocycles. The van der Waals surface area contributed by atoms with E-state index in [0.29, 0.717) is 23.9 Å². The van der Waals surface area contributed by atoms with Gasteiger partial charge in [0.05, 0.1) is 23.7 Å². The standard InChI is InChI=1S/C21H23N3O4/c1-14-8-10-17(24(25)26)13-19(14)27-12-4-5-15(2)28-18-7-3-6-16-9-11-20(22)23-21(16)18/h3,6-11,13,15H,4-5,12H2,1-2H3,(H2,22,23). The van der Waals surface area contributed by atoms with E-state index in [4.69, 9.17) is 15.2 Å². The van der Waals surface area contributed by atoms with Crippen molar-refractivity contribution in [2.75, 3.05) is 12.3 Å². The lowest BCUT2D eigenvalue weighted by molar-refractivity contribution is -0.384. The molecule has 1 heterocycles. The van der Waals surface area contributed by atoms with Gasteiger partial charge in [-0.3, -0.25) is 10.1 Å². The highest BCUT2D eigenvalue weighted by Crippen LogP contribution is 2.27. The van der Waals surface area contributed by atoms with Gasteiger partial charge in [-0.2, -0.15) is 0 Å². The summed E-state index contributed by atoms with van der Waals surface area (Å²) in [5.74, 6) is 1.70. The lowest BCUT2D eigenvalue weighted by Gasteiger charge is -2.16. The maximum Gasteiger partial charge on any atom is 0.273 e. The van der Waals surface area contributed by atoms with Gasteiger partial charge in [0.25, 0.3) is 5.69 Å². The van der Waals surface area contributed by atoms with Gasteiger partial charge in [-0.25, -0.2) is 4.98 Å². The fraction of sp³-hybridized carbons (Fsp3) is 0.286. The number of hydrogen-bond donors (Lipinski definition) is 1. The van der Waals surface area contributed by atoms with E-state index in [-0.39, 0.29) is 11.8 Å². The van der Waals surface area contributed by atoms with Crippen molar-refractivity contribution in [2.24, 2.45) is 0 Å². The highest BCUT2D eigenvalue weighted by molar-refractivity contribution is 5.85. The molecule has 0 saturated carbocycles. The Bertz CT molecular complexity index is 991. The molecule has 1 atom stereocenters. The van der Waals surface area contributed by atoms with Crippen LogP contribution >= 0.6 is 0 Å². The van der Waals surface area contributed by atoms with Crippen LogP contribution in [0.4, 0.5) is 11.5 Å². The van der Waals surface area contributed by atoms with E-state index < -0.39 is 4.92 Å². The third-order valence-corrected chi connectivity index (χ3v) is 4.43. The van der Waals surface area contributed by atoms with E-state index in [0.717, 1.165) is 29.3 Å². The van der Waals surface area contributed by atoms with Crippen LogP contribution in [-0.4, -0.2) is 22.6 Å². The summed E-state index contributed by atoms with van der Waals surface area (Å²) < 4.78 is 11.8. The number of rotatable bonds is 8. The Morgan fingerprint density at radius 3 is 2.79 bits per heavy atom. The maximum atomic E-state index is 10.9. The van der Waals surface area contributed by atoms with Crippen LogP contribution in [0.25, 0.3) is 10.9 Å². The summed E-state index contributed by atoms with van der Waals surface area (Å²) in [4.78, 5) is 14.8. The van der Waals surface area contributed by atoms with E-state index in [1.54, 1.807) is 12.1 Å². The van der Waals surface area contributed by atoms with Crippen LogP contribution < -0.4 is 15.2 Å².